The van der Waals surface area contributed by atoms with Gasteiger partial charge in [-0.05, 0) is 24.3 Å². The molecule has 0 fully saturated rings. The van der Waals surface area contributed by atoms with Crippen LogP contribution in [0, 0.1) is 10.1 Å². The smallest absolute Gasteiger partial charge is 0.308 e. The second-order valence-corrected chi connectivity index (χ2v) is 4.35. The first kappa shape index (κ1) is 15.2. The van der Waals surface area contributed by atoms with Crippen molar-refractivity contribution >= 4 is 23.3 Å². The third-order valence-electron chi connectivity index (χ3n) is 2.71. The monoisotopic (exact) mass is 300 g/mol. The Hall–Kier alpha value is -3.22. The second-order valence-electron chi connectivity index (χ2n) is 4.35. The molecule has 0 aromatic heterocycles. The number of para-hydroxylation sites is 2. The molecule has 2 aromatic carbocycles. The summed E-state index contributed by atoms with van der Waals surface area (Å²) in [5.74, 6) is -0.817. The summed E-state index contributed by atoms with van der Waals surface area (Å²) in [6.45, 7) is 1.25. The number of nitro benzene ring substituents is 1. The van der Waals surface area contributed by atoms with E-state index < -0.39 is 16.8 Å². The van der Waals surface area contributed by atoms with Crippen molar-refractivity contribution in [2.45, 2.75) is 6.92 Å². The zero-order chi connectivity index (χ0) is 16.1. The van der Waals surface area contributed by atoms with Gasteiger partial charge in [0.05, 0.1) is 4.92 Å². The van der Waals surface area contributed by atoms with Crippen molar-refractivity contribution in [2.75, 3.05) is 5.32 Å². The molecule has 7 nitrogen and oxygen atoms in total. The Morgan fingerprint density at radius 3 is 2.55 bits per heavy atom. The van der Waals surface area contributed by atoms with Gasteiger partial charge in [0.1, 0.15) is 11.4 Å². The summed E-state index contributed by atoms with van der Waals surface area (Å²) in [4.78, 5) is 33.4. The molecule has 0 aliphatic carbocycles. The van der Waals surface area contributed by atoms with E-state index in [1.54, 1.807) is 12.1 Å². The molecule has 22 heavy (non-hydrogen) atoms. The lowest BCUT2D eigenvalue weighted by Crippen LogP contribution is -2.13. The quantitative estimate of drug-likeness (QED) is 0.405. The van der Waals surface area contributed by atoms with E-state index in [-0.39, 0.29) is 22.7 Å². The predicted octanol–water partition coefficient (Wildman–Crippen LogP) is 2.77. The van der Waals surface area contributed by atoms with Gasteiger partial charge in [0, 0.05) is 18.6 Å². The lowest BCUT2D eigenvalue weighted by atomic mass is 10.2. The Morgan fingerprint density at radius 2 is 1.86 bits per heavy atom. The van der Waals surface area contributed by atoms with E-state index in [9.17, 15) is 19.7 Å². The molecule has 0 heterocycles. The molecule has 0 radical (unpaired) electrons. The minimum atomic E-state index is -0.578. The van der Waals surface area contributed by atoms with Crippen LogP contribution in [-0.4, -0.2) is 16.8 Å². The van der Waals surface area contributed by atoms with Crippen molar-refractivity contribution in [2.24, 2.45) is 0 Å². The van der Waals surface area contributed by atoms with Gasteiger partial charge in [-0.15, -0.1) is 0 Å². The first-order chi connectivity index (χ1) is 10.5. The molecule has 0 bridgehead atoms. The third-order valence-corrected chi connectivity index (χ3v) is 2.71. The molecule has 2 aromatic rings. The van der Waals surface area contributed by atoms with Crippen LogP contribution in [0.2, 0.25) is 0 Å². The average molecular weight is 300 g/mol. The normalized spacial score (nSPS) is 9.86. The highest BCUT2D eigenvalue weighted by atomic mass is 16.6. The van der Waals surface area contributed by atoms with Crippen LogP contribution in [0.15, 0.2) is 48.5 Å². The summed E-state index contributed by atoms with van der Waals surface area (Å²) >= 11 is 0. The maximum Gasteiger partial charge on any atom is 0.308 e. The van der Waals surface area contributed by atoms with Crippen molar-refractivity contribution in [1.29, 1.82) is 0 Å². The highest BCUT2D eigenvalue weighted by molar-refractivity contribution is 6.05. The molecule has 7 heteroatoms. The lowest BCUT2D eigenvalue weighted by Gasteiger charge is -2.07. The number of nitro groups is 1. The van der Waals surface area contributed by atoms with Gasteiger partial charge in [-0.25, -0.2) is 0 Å². The van der Waals surface area contributed by atoms with Gasteiger partial charge in [0.15, 0.2) is 0 Å². The van der Waals surface area contributed by atoms with Gasteiger partial charge in [-0.2, -0.15) is 0 Å². The first-order valence-electron chi connectivity index (χ1n) is 6.30. The first-order valence-corrected chi connectivity index (χ1v) is 6.30. The van der Waals surface area contributed by atoms with E-state index in [2.05, 4.69) is 5.32 Å². The molecular weight excluding hydrogens is 288 g/mol. The number of ether oxygens (including phenoxy) is 1. The number of hydrogen-bond acceptors (Lipinski definition) is 5. The SMILES string of the molecule is CC(=O)Oc1cccc(C(=O)Nc2ccccc2[N+](=O)[O-])c1. The van der Waals surface area contributed by atoms with Crippen LogP contribution < -0.4 is 10.1 Å². The van der Waals surface area contributed by atoms with Crippen molar-refractivity contribution < 1.29 is 19.2 Å². The molecule has 0 atom stereocenters. The molecule has 0 aliphatic heterocycles. The fourth-order valence-electron chi connectivity index (χ4n) is 1.80. The largest absolute Gasteiger partial charge is 0.427 e. The van der Waals surface area contributed by atoms with Crippen molar-refractivity contribution in [1.82, 2.24) is 0 Å². The number of carbonyl (C=O) groups is 2. The van der Waals surface area contributed by atoms with Crippen LogP contribution in [-0.2, 0) is 4.79 Å². The fraction of sp³-hybridized carbons (Fsp3) is 0.0667. The average Bonchev–Trinajstić information content (AvgIpc) is 2.47. The summed E-state index contributed by atoms with van der Waals surface area (Å²) in [6, 6.07) is 11.8. The zero-order valence-electron chi connectivity index (χ0n) is 11.6. The van der Waals surface area contributed by atoms with Gasteiger partial charge < -0.3 is 10.1 Å². The minimum Gasteiger partial charge on any atom is -0.427 e. The molecule has 0 aliphatic rings. The third kappa shape index (κ3) is 3.66. The van der Waals surface area contributed by atoms with Gasteiger partial charge in [-0.3, -0.25) is 19.7 Å². The van der Waals surface area contributed by atoms with Crippen LogP contribution in [0.5, 0.6) is 5.75 Å². The number of anilines is 1. The van der Waals surface area contributed by atoms with Crippen molar-refractivity contribution in [3.05, 3.63) is 64.2 Å². The van der Waals surface area contributed by atoms with Crippen molar-refractivity contribution in [3.63, 3.8) is 0 Å². The molecule has 0 spiro atoms. The molecule has 0 unspecified atom stereocenters. The summed E-state index contributed by atoms with van der Waals surface area (Å²) < 4.78 is 4.89. The molecule has 1 amide bonds. The number of nitrogens with one attached hydrogen (secondary N) is 1. The van der Waals surface area contributed by atoms with Crippen LogP contribution in [0.4, 0.5) is 11.4 Å². The number of nitrogens with zero attached hydrogens (tertiary/aromatic N) is 1. The molecule has 112 valence electrons. The number of carbonyl (C=O) groups excluding carboxylic acids is 2. The minimum absolute atomic E-state index is 0.0930. The summed E-state index contributed by atoms with van der Waals surface area (Å²) in [5.41, 5.74) is 0.110. The molecule has 2 rings (SSSR count). The second kappa shape index (κ2) is 6.49. The van der Waals surface area contributed by atoms with E-state index in [1.807, 2.05) is 0 Å². The van der Waals surface area contributed by atoms with E-state index in [4.69, 9.17) is 4.74 Å². The Bertz CT molecular complexity index is 742. The molecule has 0 saturated heterocycles. The highest BCUT2D eigenvalue weighted by Gasteiger charge is 2.16. The van der Waals surface area contributed by atoms with Crippen molar-refractivity contribution in [3.8, 4) is 5.75 Å². The molecule has 1 N–H and O–H groups in total. The van der Waals surface area contributed by atoms with Crippen LogP contribution >= 0.6 is 0 Å². The van der Waals surface area contributed by atoms with Crippen LogP contribution in [0.3, 0.4) is 0 Å². The number of benzene rings is 2. The summed E-state index contributed by atoms with van der Waals surface area (Å²) in [6.07, 6.45) is 0. The number of hydrogen-bond donors (Lipinski definition) is 1. The summed E-state index contributed by atoms with van der Waals surface area (Å²) in [7, 11) is 0. The Kier molecular flexibility index (Phi) is 4.47. The number of rotatable bonds is 4. The van der Waals surface area contributed by atoms with Gasteiger partial charge in [0.25, 0.3) is 11.6 Å². The standard InChI is InChI=1S/C15H12N2O5/c1-10(18)22-12-6-4-5-11(9-12)15(19)16-13-7-2-3-8-14(13)17(20)21/h2-9H,1H3,(H,16,19). The van der Waals surface area contributed by atoms with E-state index >= 15 is 0 Å². The van der Waals surface area contributed by atoms with Crippen LogP contribution in [0.1, 0.15) is 17.3 Å². The van der Waals surface area contributed by atoms with Gasteiger partial charge in [0.2, 0.25) is 0 Å². The van der Waals surface area contributed by atoms with E-state index in [0.717, 1.165) is 0 Å². The van der Waals surface area contributed by atoms with Gasteiger partial charge in [-0.1, -0.05) is 18.2 Å². The summed E-state index contributed by atoms with van der Waals surface area (Å²) in [5, 5.41) is 13.4. The van der Waals surface area contributed by atoms with Gasteiger partial charge >= 0.3 is 5.97 Å². The maximum atomic E-state index is 12.2. The van der Waals surface area contributed by atoms with E-state index in [0.29, 0.717) is 0 Å². The topological polar surface area (TPSA) is 98.5 Å². The maximum absolute atomic E-state index is 12.2. The molecule has 0 saturated carbocycles. The number of esters is 1. The Morgan fingerprint density at radius 1 is 1.14 bits per heavy atom. The Labute approximate surface area is 125 Å². The predicted molar refractivity (Wildman–Crippen MR) is 78.8 cm³/mol. The lowest BCUT2D eigenvalue weighted by molar-refractivity contribution is -0.383. The molecular formula is C15H12N2O5. The fourth-order valence-corrected chi connectivity index (χ4v) is 1.80. The highest BCUT2D eigenvalue weighted by Crippen LogP contribution is 2.24. The van der Waals surface area contributed by atoms with E-state index in [1.165, 1.54) is 43.3 Å². The zero-order valence-corrected chi connectivity index (χ0v) is 11.6. The Balaban J connectivity index is 2.23. The van der Waals surface area contributed by atoms with Crippen LogP contribution in [0.25, 0.3) is 0 Å². The number of amides is 1.